The molecule has 2 N–H and O–H groups in total. The summed E-state index contributed by atoms with van der Waals surface area (Å²) in [6, 6.07) is 12.2. The number of anilines is 2. The Morgan fingerprint density at radius 2 is 1.79 bits per heavy atom. The Morgan fingerprint density at radius 3 is 2.41 bits per heavy atom. The van der Waals surface area contributed by atoms with E-state index in [9.17, 15) is 13.2 Å². The monoisotopic (exact) mass is 413 g/mol. The molecular weight excluding hydrogens is 390 g/mol. The number of sulfonamides is 1. The number of amides is 1. The molecule has 0 aliphatic rings. The first kappa shape index (κ1) is 20.6. The molecule has 7 nitrogen and oxygen atoms in total. The van der Waals surface area contributed by atoms with Crippen LogP contribution in [0.1, 0.15) is 30.7 Å². The molecule has 152 valence electrons. The molecule has 3 rings (SSSR count). The van der Waals surface area contributed by atoms with Gasteiger partial charge in [0.05, 0.1) is 16.2 Å². The summed E-state index contributed by atoms with van der Waals surface area (Å²) in [5.41, 5.74) is 3.93. The second-order valence-electron chi connectivity index (χ2n) is 6.82. The minimum atomic E-state index is -3.81. The van der Waals surface area contributed by atoms with E-state index in [4.69, 9.17) is 4.52 Å². The second-order valence-corrected chi connectivity index (χ2v) is 8.47. The van der Waals surface area contributed by atoms with E-state index >= 15 is 0 Å². The van der Waals surface area contributed by atoms with Crippen molar-refractivity contribution in [1.29, 1.82) is 0 Å². The van der Waals surface area contributed by atoms with E-state index in [1.807, 2.05) is 26.0 Å². The van der Waals surface area contributed by atoms with Crippen LogP contribution in [0.2, 0.25) is 0 Å². The van der Waals surface area contributed by atoms with Gasteiger partial charge >= 0.3 is 0 Å². The fraction of sp³-hybridized carbons (Fsp3) is 0.238. The third-order valence-corrected chi connectivity index (χ3v) is 5.98. The summed E-state index contributed by atoms with van der Waals surface area (Å²) in [6.45, 7) is 6.94. The van der Waals surface area contributed by atoms with Gasteiger partial charge in [0.1, 0.15) is 0 Å². The summed E-state index contributed by atoms with van der Waals surface area (Å²) in [7, 11) is -3.81. The van der Waals surface area contributed by atoms with Gasteiger partial charge < -0.3 is 4.52 Å². The fourth-order valence-electron chi connectivity index (χ4n) is 2.98. The molecule has 0 atom stereocenters. The van der Waals surface area contributed by atoms with Crippen molar-refractivity contribution in [1.82, 2.24) is 5.16 Å². The third kappa shape index (κ3) is 4.48. The van der Waals surface area contributed by atoms with Gasteiger partial charge in [-0.05, 0) is 49.6 Å². The largest absolute Gasteiger partial charge is 0.337 e. The number of aromatic nitrogens is 1. The molecule has 8 heteroatoms. The quantitative estimate of drug-likeness (QED) is 0.628. The van der Waals surface area contributed by atoms with Crippen LogP contribution in [0.4, 0.5) is 11.6 Å². The summed E-state index contributed by atoms with van der Waals surface area (Å²) in [5, 5.41) is 6.61. The van der Waals surface area contributed by atoms with Gasteiger partial charge in [-0.25, -0.2) is 8.42 Å². The van der Waals surface area contributed by atoms with Gasteiger partial charge in [-0.1, -0.05) is 41.9 Å². The average Bonchev–Trinajstić information content (AvgIpc) is 3.05. The van der Waals surface area contributed by atoms with Crippen molar-refractivity contribution in [2.24, 2.45) is 0 Å². The zero-order chi connectivity index (χ0) is 21.2. The number of carbonyl (C=O) groups is 1. The predicted octanol–water partition coefficient (Wildman–Crippen LogP) is 4.28. The Labute approximate surface area is 170 Å². The van der Waals surface area contributed by atoms with Gasteiger partial charge in [0.25, 0.3) is 10.0 Å². The van der Waals surface area contributed by atoms with Crippen LogP contribution in [0, 0.1) is 13.8 Å². The third-order valence-electron chi connectivity index (χ3n) is 4.46. The van der Waals surface area contributed by atoms with Crippen LogP contribution in [0.15, 0.2) is 51.9 Å². The molecule has 3 aromatic rings. The molecule has 0 unspecified atom stereocenters. The predicted molar refractivity (Wildman–Crippen MR) is 112 cm³/mol. The van der Waals surface area contributed by atoms with Crippen molar-refractivity contribution >= 4 is 27.5 Å². The van der Waals surface area contributed by atoms with E-state index in [0.717, 1.165) is 5.56 Å². The molecule has 0 bridgehead atoms. The van der Waals surface area contributed by atoms with Gasteiger partial charge in [0, 0.05) is 12.6 Å². The maximum atomic E-state index is 13.0. The highest BCUT2D eigenvalue weighted by molar-refractivity contribution is 7.92. The number of hydrogen-bond donors (Lipinski definition) is 2. The highest BCUT2D eigenvalue weighted by Crippen LogP contribution is 2.34. The minimum Gasteiger partial charge on any atom is -0.337 e. The van der Waals surface area contributed by atoms with Crippen molar-refractivity contribution in [3.05, 3.63) is 59.3 Å². The number of aryl methyl sites for hydroxylation is 3. The van der Waals surface area contributed by atoms with Crippen molar-refractivity contribution in [2.75, 3.05) is 10.0 Å². The Hall–Kier alpha value is -3.13. The van der Waals surface area contributed by atoms with Gasteiger partial charge in [-0.2, -0.15) is 0 Å². The molecule has 1 aromatic heterocycles. The van der Waals surface area contributed by atoms with Gasteiger partial charge in [-0.3, -0.25) is 14.8 Å². The summed E-state index contributed by atoms with van der Waals surface area (Å²) < 4.78 is 33.9. The molecule has 2 aromatic carbocycles. The molecule has 0 spiro atoms. The molecule has 0 saturated carbocycles. The van der Waals surface area contributed by atoms with Crippen molar-refractivity contribution in [3.8, 4) is 11.1 Å². The lowest BCUT2D eigenvalue weighted by atomic mass is 10.0. The molecular formula is C21H23N3O4S. The number of hydrogen-bond acceptors (Lipinski definition) is 5. The summed E-state index contributed by atoms with van der Waals surface area (Å²) in [4.78, 5) is 11.6. The van der Waals surface area contributed by atoms with Crippen molar-refractivity contribution in [2.45, 2.75) is 39.0 Å². The van der Waals surface area contributed by atoms with Crippen LogP contribution in [-0.4, -0.2) is 19.5 Å². The first-order valence-corrected chi connectivity index (χ1v) is 10.7. The first-order valence-electron chi connectivity index (χ1n) is 9.18. The summed E-state index contributed by atoms with van der Waals surface area (Å²) in [5.74, 6) is -0.0981. The van der Waals surface area contributed by atoms with E-state index < -0.39 is 10.0 Å². The molecule has 29 heavy (non-hydrogen) atoms. The molecule has 1 heterocycles. The summed E-state index contributed by atoms with van der Waals surface area (Å²) >= 11 is 0. The minimum absolute atomic E-state index is 0.146. The zero-order valence-electron chi connectivity index (χ0n) is 16.7. The van der Waals surface area contributed by atoms with Crippen LogP contribution in [0.3, 0.4) is 0 Å². The van der Waals surface area contributed by atoms with Crippen molar-refractivity contribution < 1.29 is 17.7 Å². The Morgan fingerprint density at radius 1 is 1.10 bits per heavy atom. The van der Waals surface area contributed by atoms with Crippen LogP contribution in [-0.2, 0) is 21.2 Å². The number of nitrogens with one attached hydrogen (secondary N) is 2. The smallest absolute Gasteiger partial charge is 0.262 e. The normalized spacial score (nSPS) is 11.3. The molecule has 0 fully saturated rings. The van der Waals surface area contributed by atoms with Crippen LogP contribution < -0.4 is 10.0 Å². The highest BCUT2D eigenvalue weighted by atomic mass is 32.2. The zero-order valence-corrected chi connectivity index (χ0v) is 17.6. The highest BCUT2D eigenvalue weighted by Gasteiger charge is 2.22. The lowest BCUT2D eigenvalue weighted by molar-refractivity contribution is -0.114. The Bertz CT molecular complexity index is 1150. The number of rotatable bonds is 6. The van der Waals surface area contributed by atoms with Crippen LogP contribution >= 0.6 is 0 Å². The molecule has 1 amide bonds. The maximum absolute atomic E-state index is 13.0. The average molecular weight is 413 g/mol. The van der Waals surface area contributed by atoms with E-state index in [2.05, 4.69) is 15.2 Å². The Kier molecular flexibility index (Phi) is 5.74. The second kappa shape index (κ2) is 8.08. The molecule has 0 radical (unpaired) electrons. The van der Waals surface area contributed by atoms with Crippen LogP contribution in [0.5, 0.6) is 0 Å². The van der Waals surface area contributed by atoms with Crippen molar-refractivity contribution in [3.63, 3.8) is 0 Å². The standard InChI is InChI=1S/C21H23N3O4S/c1-5-18-20(21(28-23-18)22-15(4)25)16-9-8-14(3)19(12-16)29(26,27)24-17-10-6-13(2)7-11-17/h6-12,24H,5H2,1-4H3,(H,22,25). The van der Waals surface area contributed by atoms with E-state index in [1.54, 1.807) is 37.3 Å². The number of nitrogens with zero attached hydrogens (tertiary/aromatic N) is 1. The van der Waals surface area contributed by atoms with E-state index in [0.29, 0.717) is 34.5 Å². The molecule has 0 aliphatic heterocycles. The lowest BCUT2D eigenvalue weighted by Crippen LogP contribution is -2.14. The first-order chi connectivity index (χ1) is 13.7. The Balaban J connectivity index is 2.06. The van der Waals surface area contributed by atoms with Gasteiger partial charge in [0.2, 0.25) is 11.8 Å². The lowest BCUT2D eigenvalue weighted by Gasteiger charge is -2.13. The van der Waals surface area contributed by atoms with Crippen LogP contribution in [0.25, 0.3) is 11.1 Å². The van der Waals surface area contributed by atoms with E-state index in [-0.39, 0.29) is 16.7 Å². The number of carbonyl (C=O) groups excluding carboxylic acids is 1. The number of benzene rings is 2. The fourth-order valence-corrected chi connectivity index (χ4v) is 4.31. The summed E-state index contributed by atoms with van der Waals surface area (Å²) in [6.07, 6.45) is 0.565. The topological polar surface area (TPSA) is 101 Å². The maximum Gasteiger partial charge on any atom is 0.262 e. The van der Waals surface area contributed by atoms with Gasteiger partial charge in [-0.15, -0.1) is 0 Å². The van der Waals surface area contributed by atoms with Gasteiger partial charge in [0.15, 0.2) is 0 Å². The molecule has 0 aliphatic carbocycles. The SMILES string of the molecule is CCc1noc(NC(C)=O)c1-c1ccc(C)c(S(=O)(=O)Nc2ccc(C)cc2)c1. The molecule has 0 saturated heterocycles. The van der Waals surface area contributed by atoms with E-state index in [1.165, 1.54) is 6.92 Å².